The van der Waals surface area contributed by atoms with Gasteiger partial charge in [-0.3, -0.25) is 0 Å². The predicted molar refractivity (Wildman–Crippen MR) is 75.5 cm³/mol. The van der Waals surface area contributed by atoms with E-state index in [-0.39, 0.29) is 5.38 Å². The standard InChI is InChI=1S/C14H23ClS/c1-2-3-4-5-6-7-8-10-13(15)14-11-9-12-16-14/h9,11-13H,2-8,10H2,1H3. The third-order valence-electron chi connectivity index (χ3n) is 2.91. The molecule has 1 unspecified atom stereocenters. The van der Waals surface area contributed by atoms with Crippen molar-refractivity contribution >= 4 is 22.9 Å². The summed E-state index contributed by atoms with van der Waals surface area (Å²) in [5.74, 6) is 0. The average molecular weight is 259 g/mol. The second-order valence-electron chi connectivity index (χ2n) is 4.39. The zero-order valence-electron chi connectivity index (χ0n) is 10.3. The van der Waals surface area contributed by atoms with Crippen molar-refractivity contribution < 1.29 is 0 Å². The van der Waals surface area contributed by atoms with Crippen LogP contribution < -0.4 is 0 Å². The van der Waals surface area contributed by atoms with E-state index < -0.39 is 0 Å². The van der Waals surface area contributed by atoms with E-state index in [2.05, 4.69) is 24.4 Å². The van der Waals surface area contributed by atoms with Crippen LogP contribution in [0.5, 0.6) is 0 Å². The minimum Gasteiger partial charge on any atom is -0.147 e. The van der Waals surface area contributed by atoms with E-state index in [1.165, 1.54) is 49.8 Å². The first kappa shape index (κ1) is 14.1. The Labute approximate surface area is 109 Å². The summed E-state index contributed by atoms with van der Waals surface area (Å²) in [4.78, 5) is 1.33. The molecular formula is C14H23ClS. The maximum Gasteiger partial charge on any atom is 0.0678 e. The molecule has 0 nitrogen and oxygen atoms in total. The van der Waals surface area contributed by atoms with Gasteiger partial charge in [-0.15, -0.1) is 22.9 Å². The summed E-state index contributed by atoms with van der Waals surface area (Å²) >= 11 is 8.09. The molecule has 92 valence electrons. The maximum atomic E-state index is 6.32. The van der Waals surface area contributed by atoms with Gasteiger partial charge in [0.15, 0.2) is 0 Å². The molecular weight excluding hydrogens is 236 g/mol. The van der Waals surface area contributed by atoms with Crippen LogP contribution in [0, 0.1) is 0 Å². The average Bonchev–Trinajstić information content (AvgIpc) is 2.81. The van der Waals surface area contributed by atoms with Crippen molar-refractivity contribution in [2.75, 3.05) is 0 Å². The number of hydrogen-bond acceptors (Lipinski definition) is 1. The molecule has 2 heteroatoms. The summed E-state index contributed by atoms with van der Waals surface area (Å²) in [5, 5.41) is 2.35. The monoisotopic (exact) mass is 258 g/mol. The Balaban J connectivity index is 1.95. The molecule has 1 aromatic heterocycles. The lowest BCUT2D eigenvalue weighted by Gasteiger charge is -2.06. The fraction of sp³-hybridized carbons (Fsp3) is 0.714. The smallest absolute Gasteiger partial charge is 0.0678 e. The Kier molecular flexibility index (Phi) is 7.96. The van der Waals surface area contributed by atoms with Crippen LogP contribution in [0.3, 0.4) is 0 Å². The lowest BCUT2D eigenvalue weighted by molar-refractivity contribution is 0.573. The van der Waals surface area contributed by atoms with E-state index in [1.54, 1.807) is 11.3 Å². The summed E-state index contributed by atoms with van der Waals surface area (Å²) in [5.41, 5.74) is 0. The van der Waals surface area contributed by atoms with Gasteiger partial charge in [-0.1, -0.05) is 57.9 Å². The van der Waals surface area contributed by atoms with Crippen LogP contribution in [0.1, 0.15) is 68.5 Å². The molecule has 0 saturated carbocycles. The molecule has 0 amide bonds. The fourth-order valence-corrected chi connectivity index (χ4v) is 3.01. The molecule has 0 aliphatic carbocycles. The third-order valence-corrected chi connectivity index (χ3v) is 4.48. The first-order chi connectivity index (χ1) is 7.84. The van der Waals surface area contributed by atoms with Crippen molar-refractivity contribution in [1.82, 2.24) is 0 Å². The van der Waals surface area contributed by atoms with Crippen molar-refractivity contribution in [1.29, 1.82) is 0 Å². The van der Waals surface area contributed by atoms with Gasteiger partial charge in [-0.2, -0.15) is 0 Å². The largest absolute Gasteiger partial charge is 0.147 e. The summed E-state index contributed by atoms with van der Waals surface area (Å²) in [6.45, 7) is 2.26. The summed E-state index contributed by atoms with van der Waals surface area (Å²) in [6, 6.07) is 4.23. The van der Waals surface area contributed by atoms with Crippen LogP contribution in [0.15, 0.2) is 17.5 Å². The van der Waals surface area contributed by atoms with Crippen LogP contribution in [0.25, 0.3) is 0 Å². The highest BCUT2D eigenvalue weighted by atomic mass is 35.5. The minimum absolute atomic E-state index is 0.246. The summed E-state index contributed by atoms with van der Waals surface area (Å²) in [6.07, 6.45) is 10.7. The molecule has 1 atom stereocenters. The molecule has 0 bridgehead atoms. The highest BCUT2D eigenvalue weighted by Crippen LogP contribution is 2.29. The zero-order valence-corrected chi connectivity index (χ0v) is 11.8. The minimum atomic E-state index is 0.246. The van der Waals surface area contributed by atoms with Crippen molar-refractivity contribution in [3.63, 3.8) is 0 Å². The van der Waals surface area contributed by atoms with Crippen LogP contribution in [0.4, 0.5) is 0 Å². The number of hydrogen-bond donors (Lipinski definition) is 0. The molecule has 1 heterocycles. The van der Waals surface area contributed by atoms with Gasteiger partial charge in [0, 0.05) is 4.88 Å². The zero-order chi connectivity index (χ0) is 11.6. The first-order valence-electron chi connectivity index (χ1n) is 6.52. The molecule has 0 aromatic carbocycles. The van der Waals surface area contributed by atoms with Crippen LogP contribution >= 0.6 is 22.9 Å². The van der Waals surface area contributed by atoms with E-state index >= 15 is 0 Å². The second kappa shape index (κ2) is 9.07. The lowest BCUT2D eigenvalue weighted by Crippen LogP contribution is -1.87. The third kappa shape index (κ3) is 5.91. The lowest BCUT2D eigenvalue weighted by atomic mass is 10.1. The van der Waals surface area contributed by atoms with Gasteiger partial charge in [0.2, 0.25) is 0 Å². The Morgan fingerprint density at radius 3 is 2.44 bits per heavy atom. The van der Waals surface area contributed by atoms with Crippen LogP contribution in [-0.4, -0.2) is 0 Å². The van der Waals surface area contributed by atoms with E-state index in [9.17, 15) is 0 Å². The van der Waals surface area contributed by atoms with E-state index in [4.69, 9.17) is 11.6 Å². The normalized spacial score (nSPS) is 12.9. The van der Waals surface area contributed by atoms with Gasteiger partial charge >= 0.3 is 0 Å². The molecule has 0 radical (unpaired) electrons. The summed E-state index contributed by atoms with van der Waals surface area (Å²) in [7, 11) is 0. The predicted octanol–water partition coefficient (Wildman–Crippen LogP) is 6.17. The van der Waals surface area contributed by atoms with Crippen molar-refractivity contribution in [3.05, 3.63) is 22.4 Å². The number of halogens is 1. The molecule has 0 fully saturated rings. The summed E-state index contributed by atoms with van der Waals surface area (Å²) < 4.78 is 0. The molecule has 0 aliphatic heterocycles. The van der Waals surface area contributed by atoms with E-state index in [1.807, 2.05) is 0 Å². The van der Waals surface area contributed by atoms with Gasteiger partial charge < -0.3 is 0 Å². The van der Waals surface area contributed by atoms with Gasteiger partial charge in [0.25, 0.3) is 0 Å². The van der Waals surface area contributed by atoms with Gasteiger partial charge in [-0.05, 0) is 17.9 Å². The van der Waals surface area contributed by atoms with E-state index in [0.717, 1.165) is 6.42 Å². The van der Waals surface area contributed by atoms with Crippen LogP contribution in [0.2, 0.25) is 0 Å². The highest BCUT2D eigenvalue weighted by Gasteiger charge is 2.07. The fourth-order valence-electron chi connectivity index (χ4n) is 1.89. The molecule has 0 spiro atoms. The quantitative estimate of drug-likeness (QED) is 0.367. The van der Waals surface area contributed by atoms with E-state index in [0.29, 0.717) is 0 Å². The molecule has 1 aromatic rings. The van der Waals surface area contributed by atoms with Gasteiger partial charge in [0.05, 0.1) is 5.38 Å². The number of alkyl halides is 1. The van der Waals surface area contributed by atoms with Gasteiger partial charge in [0.1, 0.15) is 0 Å². The van der Waals surface area contributed by atoms with Crippen LogP contribution in [-0.2, 0) is 0 Å². The first-order valence-corrected chi connectivity index (χ1v) is 7.83. The Hall–Kier alpha value is -0.0100. The van der Waals surface area contributed by atoms with Gasteiger partial charge in [-0.25, -0.2) is 0 Å². The number of rotatable bonds is 9. The SMILES string of the molecule is CCCCCCCCCC(Cl)c1cccs1. The molecule has 0 aliphatic rings. The van der Waals surface area contributed by atoms with Crippen molar-refractivity contribution in [2.24, 2.45) is 0 Å². The maximum absolute atomic E-state index is 6.32. The van der Waals surface area contributed by atoms with Crippen molar-refractivity contribution in [3.8, 4) is 0 Å². The topological polar surface area (TPSA) is 0 Å². The number of unbranched alkanes of at least 4 members (excludes halogenated alkanes) is 6. The molecule has 0 saturated heterocycles. The second-order valence-corrected chi connectivity index (χ2v) is 5.90. The molecule has 0 N–H and O–H groups in total. The molecule has 16 heavy (non-hydrogen) atoms. The Morgan fingerprint density at radius 1 is 1.12 bits per heavy atom. The Morgan fingerprint density at radius 2 is 1.81 bits per heavy atom. The number of thiophene rings is 1. The molecule has 1 rings (SSSR count). The Bertz CT molecular complexity index is 243. The highest BCUT2D eigenvalue weighted by molar-refractivity contribution is 7.10. The van der Waals surface area contributed by atoms with Crippen molar-refractivity contribution in [2.45, 2.75) is 63.7 Å².